The van der Waals surface area contributed by atoms with Crippen LogP contribution in [0.15, 0.2) is 0 Å². The Bertz CT molecular complexity index is 191. The van der Waals surface area contributed by atoms with Gasteiger partial charge in [-0.05, 0) is 43.4 Å². The Morgan fingerprint density at radius 2 is 1.56 bits per heavy atom. The fourth-order valence-corrected chi connectivity index (χ4v) is 3.86. The van der Waals surface area contributed by atoms with Gasteiger partial charge in [-0.1, -0.05) is 52.9 Å². The van der Waals surface area contributed by atoms with Crippen molar-refractivity contribution in [3.05, 3.63) is 0 Å². The van der Waals surface area contributed by atoms with Crippen LogP contribution in [0.4, 0.5) is 0 Å². The molecule has 3 N–H and O–H groups in total. The number of hydrogen-bond acceptors (Lipinski definition) is 2. The van der Waals surface area contributed by atoms with E-state index in [-0.39, 0.29) is 0 Å². The zero-order valence-electron chi connectivity index (χ0n) is 12.8. The lowest BCUT2D eigenvalue weighted by Gasteiger charge is -2.37. The summed E-state index contributed by atoms with van der Waals surface area (Å²) >= 11 is 0. The van der Waals surface area contributed by atoms with E-state index in [1.165, 1.54) is 57.8 Å². The molecule has 1 aliphatic carbocycles. The molecule has 18 heavy (non-hydrogen) atoms. The maximum Gasteiger partial charge on any atom is 0.0266 e. The molecule has 0 aromatic rings. The molecule has 0 amide bonds. The Balaban J connectivity index is 2.52. The molecule has 0 spiro atoms. The van der Waals surface area contributed by atoms with Crippen LogP contribution in [0.3, 0.4) is 0 Å². The smallest absolute Gasteiger partial charge is 0.0266 e. The van der Waals surface area contributed by atoms with Gasteiger partial charge in [-0.2, -0.15) is 0 Å². The summed E-state index contributed by atoms with van der Waals surface area (Å²) in [5.74, 6) is 8.47. The van der Waals surface area contributed by atoms with E-state index in [1.54, 1.807) is 0 Å². The van der Waals surface area contributed by atoms with Gasteiger partial charge in [0.25, 0.3) is 0 Å². The van der Waals surface area contributed by atoms with Crippen LogP contribution in [-0.4, -0.2) is 6.04 Å². The molecule has 0 heterocycles. The molecule has 0 bridgehead atoms. The van der Waals surface area contributed by atoms with Crippen LogP contribution in [0.5, 0.6) is 0 Å². The molecule has 2 nitrogen and oxygen atoms in total. The third-order valence-corrected chi connectivity index (χ3v) is 5.00. The number of hydrogen-bond donors (Lipinski definition) is 2. The first-order valence-corrected chi connectivity index (χ1v) is 8.22. The minimum Gasteiger partial charge on any atom is -0.271 e. The molecule has 1 atom stereocenters. The summed E-state index contributed by atoms with van der Waals surface area (Å²) in [4.78, 5) is 0. The lowest BCUT2D eigenvalue weighted by atomic mass is 9.73. The predicted octanol–water partition coefficient (Wildman–Crippen LogP) is 4.25. The quantitative estimate of drug-likeness (QED) is 0.502. The average molecular weight is 254 g/mol. The molecule has 0 aromatic carbocycles. The van der Waals surface area contributed by atoms with Crippen LogP contribution in [-0.2, 0) is 0 Å². The van der Waals surface area contributed by atoms with E-state index >= 15 is 0 Å². The van der Waals surface area contributed by atoms with Gasteiger partial charge >= 0.3 is 0 Å². The van der Waals surface area contributed by atoms with Crippen molar-refractivity contribution < 1.29 is 0 Å². The maximum absolute atomic E-state index is 5.88. The zero-order chi connectivity index (χ0) is 13.4. The molecule has 0 aliphatic heterocycles. The van der Waals surface area contributed by atoms with E-state index < -0.39 is 0 Å². The van der Waals surface area contributed by atoms with Crippen molar-refractivity contribution in [1.82, 2.24) is 5.43 Å². The van der Waals surface area contributed by atoms with E-state index in [1.807, 2.05) is 0 Å². The van der Waals surface area contributed by atoms with Gasteiger partial charge in [0.15, 0.2) is 0 Å². The summed E-state index contributed by atoms with van der Waals surface area (Å²) in [5.41, 5.74) is 3.17. The van der Waals surface area contributed by atoms with Crippen molar-refractivity contribution in [2.24, 2.45) is 23.6 Å². The standard InChI is InChI=1S/C16H34N2/c1-4-7-14(8-5-2)16(18-17)15-11-9-13(6-3)10-12-15/h13-16,18H,4-12,17H2,1-3H3. The topological polar surface area (TPSA) is 38.0 Å². The van der Waals surface area contributed by atoms with Gasteiger partial charge in [0.05, 0.1) is 0 Å². The Hall–Kier alpha value is -0.0800. The summed E-state index contributed by atoms with van der Waals surface area (Å²) in [5, 5.41) is 0. The summed E-state index contributed by atoms with van der Waals surface area (Å²) in [7, 11) is 0. The van der Waals surface area contributed by atoms with Crippen molar-refractivity contribution in [3.63, 3.8) is 0 Å². The van der Waals surface area contributed by atoms with Crippen LogP contribution in [0.1, 0.15) is 78.6 Å². The van der Waals surface area contributed by atoms with Crippen LogP contribution < -0.4 is 11.3 Å². The molecular formula is C16H34N2. The fraction of sp³-hybridized carbons (Fsp3) is 1.00. The van der Waals surface area contributed by atoms with Crippen molar-refractivity contribution in [2.45, 2.75) is 84.6 Å². The number of hydrazine groups is 1. The van der Waals surface area contributed by atoms with E-state index in [0.29, 0.717) is 6.04 Å². The Labute approximate surface area is 114 Å². The molecule has 1 saturated carbocycles. The summed E-state index contributed by atoms with van der Waals surface area (Å²) in [6, 6.07) is 0.558. The molecule has 108 valence electrons. The molecule has 1 unspecified atom stereocenters. The van der Waals surface area contributed by atoms with Gasteiger partial charge in [-0.15, -0.1) is 0 Å². The highest BCUT2D eigenvalue weighted by Gasteiger charge is 2.30. The van der Waals surface area contributed by atoms with Gasteiger partial charge in [0.1, 0.15) is 0 Å². The average Bonchev–Trinajstić information content (AvgIpc) is 2.41. The highest BCUT2D eigenvalue weighted by molar-refractivity contribution is 4.85. The molecule has 0 radical (unpaired) electrons. The van der Waals surface area contributed by atoms with Gasteiger partial charge in [-0.3, -0.25) is 11.3 Å². The molecule has 2 heteroatoms. The lowest BCUT2D eigenvalue weighted by Crippen LogP contribution is -2.47. The normalized spacial score (nSPS) is 26.5. The molecule has 1 fully saturated rings. The van der Waals surface area contributed by atoms with Crippen molar-refractivity contribution >= 4 is 0 Å². The van der Waals surface area contributed by atoms with Crippen molar-refractivity contribution in [1.29, 1.82) is 0 Å². The van der Waals surface area contributed by atoms with Gasteiger partial charge < -0.3 is 0 Å². The monoisotopic (exact) mass is 254 g/mol. The van der Waals surface area contributed by atoms with Crippen LogP contribution in [0.2, 0.25) is 0 Å². The van der Waals surface area contributed by atoms with E-state index in [0.717, 1.165) is 17.8 Å². The first-order chi connectivity index (χ1) is 8.76. The largest absolute Gasteiger partial charge is 0.271 e. The molecule has 1 rings (SSSR count). The van der Waals surface area contributed by atoms with E-state index in [4.69, 9.17) is 5.84 Å². The van der Waals surface area contributed by atoms with Crippen LogP contribution >= 0.6 is 0 Å². The Morgan fingerprint density at radius 3 is 1.94 bits per heavy atom. The van der Waals surface area contributed by atoms with Gasteiger partial charge in [-0.25, -0.2) is 0 Å². The highest BCUT2D eigenvalue weighted by atomic mass is 15.2. The summed E-state index contributed by atoms with van der Waals surface area (Å²) in [6.07, 6.45) is 12.2. The maximum atomic E-state index is 5.88. The molecule has 0 aromatic heterocycles. The Kier molecular flexibility index (Phi) is 7.92. The second-order valence-electron chi connectivity index (χ2n) is 6.22. The molecular weight excluding hydrogens is 220 g/mol. The number of rotatable bonds is 8. The Morgan fingerprint density at radius 1 is 1.00 bits per heavy atom. The highest BCUT2D eigenvalue weighted by Crippen LogP contribution is 2.36. The van der Waals surface area contributed by atoms with Crippen LogP contribution in [0.25, 0.3) is 0 Å². The van der Waals surface area contributed by atoms with Gasteiger partial charge in [0, 0.05) is 6.04 Å². The summed E-state index contributed by atoms with van der Waals surface area (Å²) in [6.45, 7) is 6.93. The van der Waals surface area contributed by atoms with E-state index in [9.17, 15) is 0 Å². The minimum absolute atomic E-state index is 0.558. The summed E-state index contributed by atoms with van der Waals surface area (Å²) < 4.78 is 0. The first kappa shape index (κ1) is 16.0. The fourth-order valence-electron chi connectivity index (χ4n) is 3.86. The van der Waals surface area contributed by atoms with Crippen molar-refractivity contribution in [2.75, 3.05) is 0 Å². The number of nitrogens with two attached hydrogens (primary N) is 1. The van der Waals surface area contributed by atoms with Gasteiger partial charge in [0.2, 0.25) is 0 Å². The van der Waals surface area contributed by atoms with Crippen LogP contribution in [0, 0.1) is 17.8 Å². The second-order valence-corrected chi connectivity index (χ2v) is 6.22. The minimum atomic E-state index is 0.558. The predicted molar refractivity (Wildman–Crippen MR) is 80.2 cm³/mol. The second kappa shape index (κ2) is 8.92. The lowest BCUT2D eigenvalue weighted by molar-refractivity contribution is 0.164. The molecule has 0 saturated heterocycles. The zero-order valence-corrected chi connectivity index (χ0v) is 12.8. The van der Waals surface area contributed by atoms with E-state index in [2.05, 4.69) is 26.2 Å². The third kappa shape index (κ3) is 4.55. The first-order valence-electron chi connectivity index (χ1n) is 8.22. The SMILES string of the molecule is CCCC(CCC)C(NN)C1CCC(CC)CC1. The third-order valence-electron chi connectivity index (χ3n) is 5.00. The van der Waals surface area contributed by atoms with Crippen molar-refractivity contribution in [3.8, 4) is 0 Å². The number of nitrogens with one attached hydrogen (secondary N) is 1. The molecule has 1 aliphatic rings.